The first-order chi connectivity index (χ1) is 14.3. The smallest absolute Gasteiger partial charge is 0.261 e. The van der Waals surface area contributed by atoms with Gasteiger partial charge in [-0.15, -0.1) is 0 Å². The van der Waals surface area contributed by atoms with Gasteiger partial charge in [0, 0.05) is 50.6 Å². The van der Waals surface area contributed by atoms with E-state index >= 15 is 0 Å². The topological polar surface area (TPSA) is 67.2 Å². The monoisotopic (exact) mass is 390 g/mol. The molecular weight excluding hydrogens is 364 g/mol. The molecule has 7 heteroatoms. The Bertz CT molecular complexity index is 1040. The highest BCUT2D eigenvalue weighted by molar-refractivity contribution is 5.81. The second-order valence-corrected chi connectivity index (χ2v) is 8.06. The first kappa shape index (κ1) is 18.2. The van der Waals surface area contributed by atoms with Crippen molar-refractivity contribution in [3.8, 4) is 0 Å². The molecule has 5 rings (SSSR count). The van der Waals surface area contributed by atoms with Crippen LogP contribution in [0.5, 0.6) is 0 Å². The van der Waals surface area contributed by atoms with Gasteiger partial charge in [0.05, 0.1) is 22.9 Å². The summed E-state index contributed by atoms with van der Waals surface area (Å²) < 4.78 is 1.85. The Morgan fingerprint density at radius 1 is 1.00 bits per heavy atom. The molecule has 2 fully saturated rings. The lowest BCUT2D eigenvalue weighted by atomic mass is 10.1. The fourth-order valence-electron chi connectivity index (χ4n) is 4.57. The van der Waals surface area contributed by atoms with Crippen molar-refractivity contribution >= 4 is 16.6 Å². The number of fused-ring (bicyclic) bond motifs is 1. The third-order valence-corrected chi connectivity index (χ3v) is 6.25. The van der Waals surface area contributed by atoms with Crippen molar-refractivity contribution < 1.29 is 0 Å². The summed E-state index contributed by atoms with van der Waals surface area (Å²) >= 11 is 0. The summed E-state index contributed by atoms with van der Waals surface area (Å²) in [4.78, 5) is 30.6. The molecule has 0 bridgehead atoms. The van der Waals surface area contributed by atoms with Gasteiger partial charge >= 0.3 is 0 Å². The largest absolute Gasteiger partial charge is 0.369 e. The van der Waals surface area contributed by atoms with E-state index < -0.39 is 0 Å². The number of aromatic nitrogens is 4. The summed E-state index contributed by atoms with van der Waals surface area (Å²) in [5.41, 5.74) is 3.10. The molecule has 0 atom stereocenters. The SMILES string of the molecule is O=c1c2ccc(N3CCN(Cc4ccncn4)CC3)cc2ncn1C1CCCC1. The molecule has 0 amide bonds. The average Bonchev–Trinajstić information content (AvgIpc) is 3.30. The molecule has 1 saturated carbocycles. The number of anilines is 1. The van der Waals surface area contributed by atoms with Gasteiger partial charge in [0.2, 0.25) is 0 Å². The molecule has 0 spiro atoms. The minimum absolute atomic E-state index is 0.100. The van der Waals surface area contributed by atoms with Crippen LogP contribution in [0.25, 0.3) is 10.9 Å². The zero-order valence-electron chi connectivity index (χ0n) is 16.6. The van der Waals surface area contributed by atoms with Crippen molar-refractivity contribution in [3.05, 3.63) is 59.2 Å². The lowest BCUT2D eigenvalue weighted by Crippen LogP contribution is -2.46. The summed E-state index contributed by atoms with van der Waals surface area (Å²) in [6, 6.07) is 8.39. The third-order valence-electron chi connectivity index (χ3n) is 6.25. The van der Waals surface area contributed by atoms with Gasteiger partial charge in [-0.1, -0.05) is 12.8 Å². The van der Waals surface area contributed by atoms with Crippen molar-refractivity contribution in [2.75, 3.05) is 31.1 Å². The van der Waals surface area contributed by atoms with Crippen molar-refractivity contribution in [3.63, 3.8) is 0 Å². The van der Waals surface area contributed by atoms with Crippen LogP contribution in [0.2, 0.25) is 0 Å². The molecule has 29 heavy (non-hydrogen) atoms. The van der Waals surface area contributed by atoms with Crippen LogP contribution in [0.3, 0.4) is 0 Å². The third kappa shape index (κ3) is 3.74. The predicted molar refractivity (Wildman–Crippen MR) is 113 cm³/mol. The van der Waals surface area contributed by atoms with Gasteiger partial charge in [0.15, 0.2) is 0 Å². The van der Waals surface area contributed by atoms with Crippen LogP contribution in [-0.4, -0.2) is 50.6 Å². The first-order valence-electron chi connectivity index (χ1n) is 10.5. The minimum atomic E-state index is 0.100. The van der Waals surface area contributed by atoms with Crippen LogP contribution in [-0.2, 0) is 6.54 Å². The first-order valence-corrected chi connectivity index (χ1v) is 10.5. The molecular formula is C22H26N6O. The predicted octanol–water partition coefficient (Wildman–Crippen LogP) is 2.62. The van der Waals surface area contributed by atoms with Crippen LogP contribution < -0.4 is 10.5 Å². The second-order valence-electron chi connectivity index (χ2n) is 8.06. The molecule has 1 aliphatic carbocycles. The van der Waals surface area contributed by atoms with Crippen LogP contribution in [0, 0.1) is 0 Å². The van der Waals surface area contributed by atoms with Gasteiger partial charge in [-0.2, -0.15) is 0 Å². The van der Waals surface area contributed by atoms with Gasteiger partial charge in [-0.3, -0.25) is 14.3 Å². The van der Waals surface area contributed by atoms with Gasteiger partial charge in [0.1, 0.15) is 6.33 Å². The van der Waals surface area contributed by atoms with E-state index in [9.17, 15) is 4.79 Å². The summed E-state index contributed by atoms with van der Waals surface area (Å²) in [7, 11) is 0. The molecule has 1 aliphatic heterocycles. The van der Waals surface area contributed by atoms with E-state index in [1.165, 1.54) is 12.8 Å². The Kier molecular flexibility index (Phi) is 4.97. The Hall–Kier alpha value is -2.80. The highest BCUT2D eigenvalue weighted by Gasteiger charge is 2.21. The van der Waals surface area contributed by atoms with E-state index in [-0.39, 0.29) is 5.56 Å². The molecule has 1 saturated heterocycles. The molecule has 3 heterocycles. The second kappa shape index (κ2) is 7.91. The highest BCUT2D eigenvalue weighted by Crippen LogP contribution is 2.28. The van der Waals surface area contributed by atoms with Crippen LogP contribution in [0.15, 0.2) is 47.9 Å². The number of benzene rings is 1. The van der Waals surface area contributed by atoms with Crippen molar-refractivity contribution in [1.29, 1.82) is 0 Å². The maximum absolute atomic E-state index is 12.9. The summed E-state index contributed by atoms with van der Waals surface area (Å²) in [5.74, 6) is 0. The molecule has 0 radical (unpaired) electrons. The maximum atomic E-state index is 12.9. The Balaban J connectivity index is 1.30. The molecule has 1 aromatic carbocycles. The quantitative estimate of drug-likeness (QED) is 0.682. The van der Waals surface area contributed by atoms with E-state index in [1.54, 1.807) is 18.9 Å². The van der Waals surface area contributed by atoms with Gasteiger partial charge in [0.25, 0.3) is 5.56 Å². The van der Waals surface area contributed by atoms with Crippen molar-refractivity contribution in [1.82, 2.24) is 24.4 Å². The number of hydrogen-bond acceptors (Lipinski definition) is 6. The Morgan fingerprint density at radius 3 is 2.59 bits per heavy atom. The molecule has 0 N–H and O–H groups in total. The fourth-order valence-corrected chi connectivity index (χ4v) is 4.57. The van der Waals surface area contributed by atoms with Gasteiger partial charge in [-0.25, -0.2) is 15.0 Å². The molecule has 2 aliphatic rings. The van der Waals surface area contributed by atoms with E-state index in [0.29, 0.717) is 6.04 Å². The zero-order chi connectivity index (χ0) is 19.6. The normalized spacial score (nSPS) is 18.6. The standard InChI is InChI=1S/C22H26N6O/c29-22-20-6-5-19(13-21(20)25-16-28(22)18-3-1-2-4-18)27-11-9-26(10-12-27)14-17-7-8-23-15-24-17/h5-8,13,15-16,18H,1-4,9-12,14H2. The lowest BCUT2D eigenvalue weighted by Gasteiger charge is -2.36. The summed E-state index contributed by atoms with van der Waals surface area (Å²) in [5, 5.41) is 0.727. The minimum Gasteiger partial charge on any atom is -0.369 e. The molecule has 150 valence electrons. The molecule has 0 unspecified atom stereocenters. The van der Waals surface area contributed by atoms with E-state index in [4.69, 9.17) is 0 Å². The van der Waals surface area contributed by atoms with E-state index in [1.807, 2.05) is 16.7 Å². The number of piperazine rings is 1. The Morgan fingerprint density at radius 2 is 1.83 bits per heavy atom. The van der Waals surface area contributed by atoms with Crippen LogP contribution >= 0.6 is 0 Å². The van der Waals surface area contributed by atoms with Gasteiger partial charge < -0.3 is 4.90 Å². The van der Waals surface area contributed by atoms with Crippen molar-refractivity contribution in [2.45, 2.75) is 38.3 Å². The van der Waals surface area contributed by atoms with Crippen LogP contribution in [0.4, 0.5) is 5.69 Å². The van der Waals surface area contributed by atoms with E-state index in [0.717, 1.165) is 67.8 Å². The molecule has 7 nitrogen and oxygen atoms in total. The zero-order valence-corrected chi connectivity index (χ0v) is 16.6. The van der Waals surface area contributed by atoms with E-state index in [2.05, 4.69) is 36.9 Å². The van der Waals surface area contributed by atoms with Crippen molar-refractivity contribution in [2.24, 2.45) is 0 Å². The fraction of sp³-hybridized carbons (Fsp3) is 0.455. The molecule has 2 aromatic heterocycles. The lowest BCUT2D eigenvalue weighted by molar-refractivity contribution is 0.247. The maximum Gasteiger partial charge on any atom is 0.261 e. The number of rotatable bonds is 4. The highest BCUT2D eigenvalue weighted by atomic mass is 16.1. The Labute approximate surface area is 170 Å². The molecule has 3 aromatic rings. The summed E-state index contributed by atoms with van der Waals surface area (Å²) in [6.07, 6.45) is 9.74. The average molecular weight is 390 g/mol. The van der Waals surface area contributed by atoms with Crippen LogP contribution in [0.1, 0.15) is 37.4 Å². The summed E-state index contributed by atoms with van der Waals surface area (Å²) in [6.45, 7) is 4.74. The van der Waals surface area contributed by atoms with Gasteiger partial charge in [-0.05, 0) is 37.1 Å². The number of hydrogen-bond donors (Lipinski definition) is 0. The number of nitrogens with zero attached hydrogens (tertiary/aromatic N) is 6.